The van der Waals surface area contributed by atoms with Gasteiger partial charge in [-0.25, -0.2) is 0 Å². The lowest BCUT2D eigenvalue weighted by Gasteiger charge is -2.32. The number of para-hydroxylation sites is 1. The molecule has 1 heterocycles. The molecule has 1 N–H and O–H groups in total. The van der Waals surface area contributed by atoms with Crippen LogP contribution in [0.25, 0.3) is 0 Å². The summed E-state index contributed by atoms with van der Waals surface area (Å²) in [7, 11) is 0. The number of nitrogens with zero attached hydrogens (tertiary/aromatic N) is 1. The Morgan fingerprint density at radius 2 is 1.90 bits per heavy atom. The first-order valence-corrected chi connectivity index (χ1v) is 11.2. The number of carbonyl (C=O) groups excluding carboxylic acids is 1. The minimum Gasteiger partial charge on any atom is -0.494 e. The topological polar surface area (TPSA) is 41.6 Å². The number of ether oxygens (including phenoxy) is 1. The number of rotatable bonds is 7. The van der Waals surface area contributed by atoms with Crippen molar-refractivity contribution in [1.82, 2.24) is 5.32 Å². The molecule has 1 amide bonds. The molecule has 0 spiro atoms. The molecule has 0 aliphatic carbocycles. The van der Waals surface area contributed by atoms with Gasteiger partial charge in [0.25, 0.3) is 5.91 Å². The molecule has 1 aliphatic rings. The van der Waals surface area contributed by atoms with Gasteiger partial charge in [-0.15, -0.1) is 12.6 Å². The van der Waals surface area contributed by atoms with Crippen molar-refractivity contribution >= 4 is 24.2 Å². The molecule has 0 aromatic heterocycles. The van der Waals surface area contributed by atoms with E-state index in [9.17, 15) is 4.79 Å². The van der Waals surface area contributed by atoms with Gasteiger partial charge in [-0.1, -0.05) is 30.3 Å². The number of thiol groups is 1. The molecule has 0 radical (unpaired) electrons. The maximum Gasteiger partial charge on any atom is 0.251 e. The molecule has 5 heteroatoms. The van der Waals surface area contributed by atoms with E-state index < -0.39 is 0 Å². The van der Waals surface area contributed by atoms with Gasteiger partial charge in [0.05, 0.1) is 6.61 Å². The van der Waals surface area contributed by atoms with Gasteiger partial charge in [0.15, 0.2) is 0 Å². The van der Waals surface area contributed by atoms with Crippen molar-refractivity contribution in [2.45, 2.75) is 37.8 Å². The van der Waals surface area contributed by atoms with E-state index >= 15 is 0 Å². The Labute approximate surface area is 189 Å². The van der Waals surface area contributed by atoms with Crippen LogP contribution in [0.5, 0.6) is 5.75 Å². The molecule has 31 heavy (non-hydrogen) atoms. The van der Waals surface area contributed by atoms with Gasteiger partial charge in [0.1, 0.15) is 5.75 Å². The van der Waals surface area contributed by atoms with Crippen LogP contribution in [-0.2, 0) is 19.5 Å². The van der Waals surface area contributed by atoms with E-state index in [-0.39, 0.29) is 5.91 Å². The van der Waals surface area contributed by atoms with Crippen molar-refractivity contribution in [3.8, 4) is 5.75 Å². The fraction of sp³-hybridized carbons (Fsp3) is 0.269. The van der Waals surface area contributed by atoms with Gasteiger partial charge in [0.2, 0.25) is 0 Å². The van der Waals surface area contributed by atoms with E-state index in [1.165, 1.54) is 16.8 Å². The SMILES string of the molecule is CCOc1ccccc1CN1CCCc2cc(C(=O)NCc3ccc(S)cc3)ccc21. The minimum absolute atomic E-state index is 0.0448. The Bertz CT molecular complexity index is 1050. The van der Waals surface area contributed by atoms with E-state index in [4.69, 9.17) is 4.74 Å². The second-order valence-corrected chi connectivity index (χ2v) is 8.27. The summed E-state index contributed by atoms with van der Waals surface area (Å²) in [5.74, 6) is 0.899. The summed E-state index contributed by atoms with van der Waals surface area (Å²) in [6.07, 6.45) is 2.06. The van der Waals surface area contributed by atoms with E-state index in [1.54, 1.807) is 0 Å². The Morgan fingerprint density at radius 3 is 2.71 bits per heavy atom. The summed E-state index contributed by atoms with van der Waals surface area (Å²) in [5.41, 5.74) is 5.39. The number of anilines is 1. The number of nitrogens with one attached hydrogen (secondary N) is 1. The van der Waals surface area contributed by atoms with Crippen molar-refractivity contribution in [1.29, 1.82) is 0 Å². The number of carbonyl (C=O) groups is 1. The Hall–Kier alpha value is -2.92. The van der Waals surface area contributed by atoms with Crippen molar-refractivity contribution < 1.29 is 9.53 Å². The molecule has 3 aromatic rings. The van der Waals surface area contributed by atoms with Crippen LogP contribution in [0.2, 0.25) is 0 Å². The summed E-state index contributed by atoms with van der Waals surface area (Å²) in [4.78, 5) is 16.0. The third kappa shape index (κ3) is 5.23. The first kappa shape index (κ1) is 21.3. The molecular weight excluding hydrogens is 404 g/mol. The zero-order chi connectivity index (χ0) is 21.6. The maximum atomic E-state index is 12.7. The van der Waals surface area contributed by atoms with Gasteiger partial charge in [-0.2, -0.15) is 0 Å². The molecule has 0 bridgehead atoms. The minimum atomic E-state index is -0.0448. The predicted octanol–water partition coefficient (Wildman–Crippen LogP) is 5.26. The number of aryl methyl sites for hydroxylation is 1. The smallest absolute Gasteiger partial charge is 0.251 e. The molecule has 0 atom stereocenters. The second kappa shape index (κ2) is 9.92. The van der Waals surface area contributed by atoms with Gasteiger partial charge in [-0.3, -0.25) is 4.79 Å². The van der Waals surface area contributed by atoms with E-state index in [0.29, 0.717) is 18.7 Å². The van der Waals surface area contributed by atoms with Crippen molar-refractivity contribution in [3.63, 3.8) is 0 Å². The van der Waals surface area contributed by atoms with Crippen LogP contribution in [0.15, 0.2) is 71.6 Å². The first-order valence-electron chi connectivity index (χ1n) is 10.8. The second-order valence-electron chi connectivity index (χ2n) is 7.76. The van der Waals surface area contributed by atoms with Gasteiger partial charge < -0.3 is 15.0 Å². The van der Waals surface area contributed by atoms with Crippen molar-refractivity contribution in [3.05, 3.63) is 89.0 Å². The average Bonchev–Trinajstić information content (AvgIpc) is 2.80. The fourth-order valence-electron chi connectivity index (χ4n) is 4.02. The van der Waals surface area contributed by atoms with Crippen LogP contribution in [0.4, 0.5) is 5.69 Å². The highest BCUT2D eigenvalue weighted by Gasteiger charge is 2.20. The molecule has 0 saturated heterocycles. The zero-order valence-electron chi connectivity index (χ0n) is 17.8. The predicted molar refractivity (Wildman–Crippen MR) is 128 cm³/mol. The number of hydrogen-bond acceptors (Lipinski definition) is 4. The molecular formula is C26H28N2O2S. The van der Waals surface area contributed by atoms with Crippen LogP contribution in [0.3, 0.4) is 0 Å². The van der Waals surface area contributed by atoms with Crippen LogP contribution in [-0.4, -0.2) is 19.1 Å². The Balaban J connectivity index is 1.46. The van der Waals surface area contributed by atoms with Crippen LogP contribution >= 0.6 is 12.6 Å². The summed E-state index contributed by atoms with van der Waals surface area (Å²) in [6, 6.07) is 22.1. The monoisotopic (exact) mass is 432 g/mol. The van der Waals surface area contributed by atoms with E-state index in [0.717, 1.165) is 42.1 Å². The molecule has 4 nitrogen and oxygen atoms in total. The third-order valence-electron chi connectivity index (χ3n) is 5.58. The van der Waals surface area contributed by atoms with Gasteiger partial charge >= 0.3 is 0 Å². The first-order chi connectivity index (χ1) is 15.1. The number of amides is 1. The molecule has 0 unspecified atom stereocenters. The van der Waals surface area contributed by atoms with E-state index in [2.05, 4.69) is 41.0 Å². The van der Waals surface area contributed by atoms with Crippen LogP contribution < -0.4 is 15.0 Å². The summed E-state index contributed by atoms with van der Waals surface area (Å²) in [6.45, 7) is 4.97. The number of fused-ring (bicyclic) bond motifs is 1. The lowest BCUT2D eigenvalue weighted by molar-refractivity contribution is 0.0951. The Kier molecular flexibility index (Phi) is 6.82. The fourth-order valence-corrected chi connectivity index (χ4v) is 4.16. The quantitative estimate of drug-likeness (QED) is 0.501. The number of hydrogen-bond donors (Lipinski definition) is 2. The summed E-state index contributed by atoms with van der Waals surface area (Å²) >= 11 is 4.30. The van der Waals surface area contributed by atoms with Crippen LogP contribution in [0.1, 0.15) is 40.4 Å². The lowest BCUT2D eigenvalue weighted by atomic mass is 9.98. The highest BCUT2D eigenvalue weighted by molar-refractivity contribution is 7.80. The summed E-state index contributed by atoms with van der Waals surface area (Å²) in [5, 5.41) is 3.02. The van der Waals surface area contributed by atoms with Crippen LogP contribution in [0, 0.1) is 0 Å². The summed E-state index contributed by atoms with van der Waals surface area (Å²) < 4.78 is 5.80. The Morgan fingerprint density at radius 1 is 1.10 bits per heavy atom. The van der Waals surface area contributed by atoms with Crippen molar-refractivity contribution in [2.75, 3.05) is 18.1 Å². The van der Waals surface area contributed by atoms with Crippen molar-refractivity contribution in [2.24, 2.45) is 0 Å². The normalized spacial score (nSPS) is 12.9. The molecule has 160 valence electrons. The standard InChI is InChI=1S/C26H28N2O2S/c1-2-30-25-8-4-3-6-22(25)18-28-15-5-7-20-16-21(11-14-24(20)28)26(29)27-17-19-9-12-23(31)13-10-19/h3-4,6,8-14,16,31H,2,5,7,15,17-18H2,1H3,(H,27,29). The molecule has 1 aliphatic heterocycles. The van der Waals surface area contributed by atoms with E-state index in [1.807, 2.05) is 55.5 Å². The third-order valence-corrected chi connectivity index (χ3v) is 5.88. The van der Waals surface area contributed by atoms with Gasteiger partial charge in [-0.05, 0) is 67.3 Å². The molecule has 3 aromatic carbocycles. The molecule has 4 rings (SSSR count). The zero-order valence-corrected chi connectivity index (χ0v) is 18.7. The molecule has 0 fully saturated rings. The number of benzene rings is 3. The lowest BCUT2D eigenvalue weighted by Crippen LogP contribution is -2.29. The highest BCUT2D eigenvalue weighted by atomic mass is 32.1. The highest BCUT2D eigenvalue weighted by Crippen LogP contribution is 2.31. The maximum absolute atomic E-state index is 12.7. The average molecular weight is 433 g/mol. The molecule has 0 saturated carbocycles. The largest absolute Gasteiger partial charge is 0.494 e. The van der Waals surface area contributed by atoms with Gasteiger partial charge in [0, 0.05) is 41.3 Å².